The lowest BCUT2D eigenvalue weighted by Crippen LogP contribution is -2.14. The molecule has 0 fully saturated rings. The molecule has 13 heavy (non-hydrogen) atoms. The Bertz CT molecular complexity index is 255. The topological polar surface area (TPSA) is 12.0 Å². The third kappa shape index (κ3) is 3.10. The predicted octanol–water partition coefficient (Wildman–Crippen LogP) is 3.60. The van der Waals surface area contributed by atoms with Crippen LogP contribution in [0.3, 0.4) is 0 Å². The molecule has 1 heteroatoms. The minimum Gasteiger partial charge on any atom is -0.382 e. The van der Waals surface area contributed by atoms with Gasteiger partial charge in [0.25, 0.3) is 0 Å². The van der Waals surface area contributed by atoms with E-state index in [4.69, 9.17) is 0 Å². The summed E-state index contributed by atoms with van der Waals surface area (Å²) < 4.78 is 0. The number of nitrogens with one attached hydrogen (secondary N) is 1. The first-order valence-corrected chi connectivity index (χ1v) is 5.06. The molecule has 0 aliphatic heterocycles. The summed E-state index contributed by atoms with van der Waals surface area (Å²) in [6, 6.07) is 9.01. The molecule has 1 N–H and O–H groups in total. The second kappa shape index (κ2) is 4.90. The molecule has 1 rings (SSSR count). The Morgan fingerprint density at radius 2 is 2.00 bits per heavy atom. The minimum absolute atomic E-state index is 0.575. The van der Waals surface area contributed by atoms with Crippen LogP contribution in [0.4, 0.5) is 5.69 Å². The van der Waals surface area contributed by atoms with Crippen molar-refractivity contribution < 1.29 is 0 Å². The zero-order valence-electron chi connectivity index (χ0n) is 8.80. The Morgan fingerprint density at radius 3 is 2.62 bits per heavy atom. The van der Waals surface area contributed by atoms with Gasteiger partial charge in [0.1, 0.15) is 0 Å². The fourth-order valence-electron chi connectivity index (χ4n) is 1.51. The van der Waals surface area contributed by atoms with Crippen molar-refractivity contribution in [1.29, 1.82) is 0 Å². The number of rotatable bonds is 4. The third-order valence-electron chi connectivity index (χ3n) is 2.27. The Morgan fingerprint density at radius 1 is 1.31 bits per heavy atom. The van der Waals surface area contributed by atoms with Crippen molar-refractivity contribution in [2.75, 3.05) is 5.32 Å². The second-order valence-corrected chi connectivity index (χ2v) is 3.65. The highest BCUT2D eigenvalue weighted by Crippen LogP contribution is 2.15. The molecule has 0 unspecified atom stereocenters. The molecule has 0 heterocycles. The highest BCUT2D eigenvalue weighted by atomic mass is 14.9. The molecule has 0 spiro atoms. The first kappa shape index (κ1) is 10.1. The summed E-state index contributed by atoms with van der Waals surface area (Å²) in [5.41, 5.74) is 2.59. The summed E-state index contributed by atoms with van der Waals surface area (Å²) in [7, 11) is 0. The van der Waals surface area contributed by atoms with Crippen LogP contribution in [0.25, 0.3) is 0 Å². The molecule has 1 nitrogen and oxygen atoms in total. The lowest BCUT2D eigenvalue weighted by atomic mass is 10.1. The molecule has 0 amide bonds. The van der Waals surface area contributed by atoms with Crippen LogP contribution < -0.4 is 5.32 Å². The Labute approximate surface area is 81.2 Å². The van der Waals surface area contributed by atoms with Gasteiger partial charge >= 0.3 is 0 Å². The van der Waals surface area contributed by atoms with Crippen LogP contribution in [-0.4, -0.2) is 6.04 Å². The standard InChI is InChI=1S/C12H19N/c1-4-7-11(3)13-12-9-6-5-8-10(12)2/h5-6,8-9,11,13H,4,7H2,1-3H3/t11-/m0/s1. The van der Waals surface area contributed by atoms with E-state index in [0.29, 0.717) is 6.04 Å². The van der Waals surface area contributed by atoms with E-state index in [1.165, 1.54) is 24.1 Å². The monoisotopic (exact) mass is 177 g/mol. The third-order valence-corrected chi connectivity index (χ3v) is 2.27. The average Bonchev–Trinajstić information content (AvgIpc) is 2.09. The molecule has 0 bridgehead atoms. The number of benzene rings is 1. The summed E-state index contributed by atoms with van der Waals surface area (Å²) in [6.45, 7) is 6.59. The summed E-state index contributed by atoms with van der Waals surface area (Å²) in [6.07, 6.45) is 2.47. The van der Waals surface area contributed by atoms with E-state index in [0.717, 1.165) is 0 Å². The molecule has 72 valence electrons. The van der Waals surface area contributed by atoms with Crippen LogP contribution in [0, 0.1) is 6.92 Å². The average molecular weight is 177 g/mol. The Kier molecular flexibility index (Phi) is 3.81. The normalized spacial score (nSPS) is 12.5. The first-order valence-electron chi connectivity index (χ1n) is 5.06. The van der Waals surface area contributed by atoms with E-state index >= 15 is 0 Å². The molecule has 0 aliphatic carbocycles. The van der Waals surface area contributed by atoms with Crippen LogP contribution in [0.15, 0.2) is 24.3 Å². The van der Waals surface area contributed by atoms with Gasteiger partial charge < -0.3 is 5.32 Å². The molecule has 0 aliphatic rings. The lowest BCUT2D eigenvalue weighted by molar-refractivity contribution is 0.690. The van der Waals surface area contributed by atoms with Gasteiger partial charge in [0.05, 0.1) is 0 Å². The van der Waals surface area contributed by atoms with Crippen molar-refractivity contribution in [2.45, 2.75) is 39.7 Å². The molecule has 1 aromatic carbocycles. The minimum atomic E-state index is 0.575. The van der Waals surface area contributed by atoms with E-state index in [9.17, 15) is 0 Å². The highest BCUT2D eigenvalue weighted by molar-refractivity contribution is 5.50. The number of hydrogen-bond donors (Lipinski definition) is 1. The van der Waals surface area contributed by atoms with Crippen LogP contribution in [0.1, 0.15) is 32.3 Å². The van der Waals surface area contributed by atoms with Gasteiger partial charge in [-0.1, -0.05) is 31.5 Å². The van der Waals surface area contributed by atoms with Gasteiger partial charge in [-0.3, -0.25) is 0 Å². The van der Waals surface area contributed by atoms with Gasteiger partial charge in [-0.15, -0.1) is 0 Å². The van der Waals surface area contributed by atoms with E-state index < -0.39 is 0 Å². The molecular formula is C12H19N. The van der Waals surface area contributed by atoms with Crippen molar-refractivity contribution in [3.8, 4) is 0 Å². The zero-order chi connectivity index (χ0) is 9.68. The maximum absolute atomic E-state index is 3.51. The quantitative estimate of drug-likeness (QED) is 0.741. The van der Waals surface area contributed by atoms with Gasteiger partial charge in [-0.25, -0.2) is 0 Å². The number of anilines is 1. The Balaban J connectivity index is 2.58. The van der Waals surface area contributed by atoms with Crippen molar-refractivity contribution in [2.24, 2.45) is 0 Å². The Hall–Kier alpha value is -0.980. The SMILES string of the molecule is CCC[C@H](C)Nc1ccccc1C. The predicted molar refractivity (Wildman–Crippen MR) is 59.2 cm³/mol. The molecular weight excluding hydrogens is 158 g/mol. The number of hydrogen-bond acceptors (Lipinski definition) is 1. The van der Waals surface area contributed by atoms with Crippen molar-refractivity contribution in [1.82, 2.24) is 0 Å². The highest BCUT2D eigenvalue weighted by Gasteiger charge is 2.01. The molecule has 0 aromatic heterocycles. The fourth-order valence-corrected chi connectivity index (χ4v) is 1.51. The lowest BCUT2D eigenvalue weighted by Gasteiger charge is -2.15. The van der Waals surface area contributed by atoms with Crippen molar-refractivity contribution >= 4 is 5.69 Å². The van der Waals surface area contributed by atoms with E-state index in [1.807, 2.05) is 0 Å². The van der Waals surface area contributed by atoms with Gasteiger partial charge in [-0.2, -0.15) is 0 Å². The second-order valence-electron chi connectivity index (χ2n) is 3.65. The van der Waals surface area contributed by atoms with E-state index in [-0.39, 0.29) is 0 Å². The maximum atomic E-state index is 3.51. The molecule has 0 saturated carbocycles. The summed E-state index contributed by atoms with van der Waals surface area (Å²) in [5.74, 6) is 0. The molecule has 1 atom stereocenters. The van der Waals surface area contributed by atoms with Crippen LogP contribution >= 0.6 is 0 Å². The zero-order valence-corrected chi connectivity index (χ0v) is 8.80. The van der Waals surface area contributed by atoms with Crippen LogP contribution in [0.2, 0.25) is 0 Å². The number of para-hydroxylation sites is 1. The van der Waals surface area contributed by atoms with Gasteiger partial charge in [0, 0.05) is 11.7 Å². The number of aryl methyl sites for hydroxylation is 1. The van der Waals surface area contributed by atoms with E-state index in [1.54, 1.807) is 0 Å². The molecule has 1 aromatic rings. The smallest absolute Gasteiger partial charge is 0.0371 e. The largest absolute Gasteiger partial charge is 0.382 e. The van der Waals surface area contributed by atoms with Crippen molar-refractivity contribution in [3.05, 3.63) is 29.8 Å². The molecule has 0 saturated heterocycles. The summed E-state index contributed by atoms with van der Waals surface area (Å²) in [4.78, 5) is 0. The summed E-state index contributed by atoms with van der Waals surface area (Å²) in [5, 5.41) is 3.51. The van der Waals surface area contributed by atoms with E-state index in [2.05, 4.69) is 50.4 Å². The first-order chi connectivity index (χ1) is 6.24. The van der Waals surface area contributed by atoms with Gasteiger partial charge in [0.15, 0.2) is 0 Å². The van der Waals surface area contributed by atoms with Gasteiger partial charge in [0.2, 0.25) is 0 Å². The maximum Gasteiger partial charge on any atom is 0.0371 e. The van der Waals surface area contributed by atoms with Crippen LogP contribution in [0.5, 0.6) is 0 Å². The fraction of sp³-hybridized carbons (Fsp3) is 0.500. The summed E-state index contributed by atoms with van der Waals surface area (Å²) >= 11 is 0. The van der Waals surface area contributed by atoms with Crippen molar-refractivity contribution in [3.63, 3.8) is 0 Å². The van der Waals surface area contributed by atoms with Gasteiger partial charge in [-0.05, 0) is 31.9 Å². The van der Waals surface area contributed by atoms with Crippen LogP contribution in [-0.2, 0) is 0 Å². The molecule has 0 radical (unpaired) electrons.